The number of hydrogen-bond acceptors (Lipinski definition) is 0. The van der Waals surface area contributed by atoms with Crippen molar-refractivity contribution in [3.05, 3.63) is 41.0 Å². The fraction of sp³-hybridized carbons (Fsp3) is 0.333. The van der Waals surface area contributed by atoms with E-state index >= 15 is 0 Å². The van der Waals surface area contributed by atoms with Gasteiger partial charge in [-0.3, -0.25) is 0 Å². The molecule has 0 aliphatic carbocycles. The monoisotopic (exact) mass is 412 g/mol. The van der Waals surface area contributed by atoms with Crippen LogP contribution >= 0.6 is 45.2 Å². The topological polar surface area (TPSA) is 0 Å². The third-order valence-corrected chi connectivity index (χ3v) is 3.04. The molecule has 1 rings (SSSR count). The molecule has 0 bridgehead atoms. The van der Waals surface area contributed by atoms with Crippen molar-refractivity contribution in [2.45, 2.75) is 22.2 Å². The van der Waals surface area contributed by atoms with Gasteiger partial charge in [0.2, 0.25) is 0 Å². The Morgan fingerprint density at radius 2 is 1.79 bits per heavy atom. The summed E-state index contributed by atoms with van der Waals surface area (Å²) >= 11 is 4.94. The second-order valence-electron chi connectivity index (χ2n) is 3.70. The normalized spacial score (nSPS) is 11.2. The van der Waals surface area contributed by atoms with E-state index in [-0.39, 0.29) is 1.43 Å². The molecule has 0 fully saturated rings. The molecule has 0 atom stereocenters. The van der Waals surface area contributed by atoms with E-state index in [9.17, 15) is 0 Å². The molecule has 0 saturated carbocycles. The molecule has 0 aromatic heterocycles. The van der Waals surface area contributed by atoms with E-state index in [0.717, 1.165) is 0 Å². The Morgan fingerprint density at radius 3 is 2.29 bits per heavy atom. The predicted octanol–water partition coefficient (Wildman–Crippen LogP) is 5.15. The van der Waals surface area contributed by atoms with Crippen LogP contribution in [0.25, 0.3) is 6.08 Å². The van der Waals surface area contributed by atoms with E-state index in [0.29, 0.717) is 0 Å². The van der Waals surface area contributed by atoms with Gasteiger partial charge in [0.25, 0.3) is 0 Å². The first-order valence-corrected chi connectivity index (χ1v) is 6.69. The van der Waals surface area contributed by atoms with Crippen LogP contribution in [-0.2, 0) is 1.43 Å². The molecule has 0 heterocycles. The summed E-state index contributed by atoms with van der Waals surface area (Å²) in [5, 5.41) is 0. The quantitative estimate of drug-likeness (QED) is 0.466. The molecule has 76 valence electrons. The van der Waals surface area contributed by atoms with Gasteiger partial charge >= 0.3 is 0 Å². The molecule has 0 aliphatic heterocycles. The smallest absolute Gasteiger partial charge is 0.0758 e. The highest BCUT2D eigenvalue weighted by molar-refractivity contribution is 14.2. The van der Waals surface area contributed by atoms with Crippen molar-refractivity contribution >= 4 is 51.3 Å². The average Bonchev–Trinajstić information content (AvgIpc) is 2.01. The molecule has 0 amide bonds. The van der Waals surface area contributed by atoms with Gasteiger partial charge in [-0.15, -0.1) is 0 Å². The molecule has 1 aromatic carbocycles. The predicted molar refractivity (Wildman–Crippen MR) is 81.2 cm³/mol. The van der Waals surface area contributed by atoms with Crippen molar-refractivity contribution in [1.29, 1.82) is 0 Å². The SMILES string of the molecule is CC(C)=Cc1ccccc1C(C)(I)I. The first-order valence-electron chi connectivity index (χ1n) is 4.53. The minimum atomic E-state index is 0.165. The fourth-order valence-corrected chi connectivity index (χ4v) is 2.32. The molecule has 1 aromatic rings. The van der Waals surface area contributed by atoms with Gasteiger partial charge in [0.05, 0.1) is 1.43 Å². The zero-order valence-electron chi connectivity index (χ0n) is 8.64. The van der Waals surface area contributed by atoms with Crippen LogP contribution < -0.4 is 0 Å². The molecule has 0 unspecified atom stereocenters. The first kappa shape index (κ1) is 12.5. The zero-order chi connectivity index (χ0) is 10.8. The molecule has 0 spiro atoms. The summed E-state index contributed by atoms with van der Waals surface area (Å²) in [6.07, 6.45) is 2.24. The van der Waals surface area contributed by atoms with Crippen LogP contribution in [0.1, 0.15) is 31.9 Å². The lowest BCUT2D eigenvalue weighted by Crippen LogP contribution is -2.03. The van der Waals surface area contributed by atoms with Crippen LogP contribution in [0.4, 0.5) is 0 Å². The van der Waals surface area contributed by atoms with Crippen molar-refractivity contribution in [3.8, 4) is 0 Å². The van der Waals surface area contributed by atoms with E-state index in [2.05, 4.69) is 96.3 Å². The molecular weight excluding hydrogens is 398 g/mol. The third-order valence-electron chi connectivity index (χ3n) is 1.88. The van der Waals surface area contributed by atoms with Gasteiger partial charge in [-0.25, -0.2) is 0 Å². The van der Waals surface area contributed by atoms with E-state index in [1.54, 1.807) is 0 Å². The highest BCUT2D eigenvalue weighted by Gasteiger charge is 2.20. The Bertz CT molecular complexity index is 342. The van der Waals surface area contributed by atoms with Gasteiger partial charge in [-0.2, -0.15) is 0 Å². The summed E-state index contributed by atoms with van der Waals surface area (Å²) in [6, 6.07) is 8.58. The minimum Gasteiger partial charge on any atom is -0.0758 e. The van der Waals surface area contributed by atoms with Crippen LogP contribution in [0.2, 0.25) is 0 Å². The second kappa shape index (κ2) is 4.96. The summed E-state index contributed by atoms with van der Waals surface area (Å²) in [5.74, 6) is 0. The van der Waals surface area contributed by atoms with Crippen molar-refractivity contribution in [2.75, 3.05) is 0 Å². The van der Waals surface area contributed by atoms with Crippen molar-refractivity contribution in [3.63, 3.8) is 0 Å². The van der Waals surface area contributed by atoms with Crippen LogP contribution in [0.3, 0.4) is 0 Å². The van der Waals surface area contributed by atoms with Crippen molar-refractivity contribution in [2.24, 2.45) is 0 Å². The van der Waals surface area contributed by atoms with Crippen molar-refractivity contribution in [1.82, 2.24) is 0 Å². The lowest BCUT2D eigenvalue weighted by atomic mass is 10.0. The molecule has 0 saturated heterocycles. The lowest BCUT2D eigenvalue weighted by molar-refractivity contribution is 1.10. The van der Waals surface area contributed by atoms with Gasteiger partial charge in [0.1, 0.15) is 0 Å². The molecule has 0 radical (unpaired) electrons. The molecule has 0 nitrogen and oxygen atoms in total. The summed E-state index contributed by atoms with van der Waals surface area (Å²) in [6.45, 7) is 6.49. The van der Waals surface area contributed by atoms with E-state index in [1.165, 1.54) is 16.7 Å². The summed E-state index contributed by atoms with van der Waals surface area (Å²) < 4.78 is 0.165. The Morgan fingerprint density at radius 1 is 1.21 bits per heavy atom. The molecule has 0 aliphatic rings. The second-order valence-corrected chi connectivity index (χ2v) is 10.1. The molecular formula is C12H14I2. The number of allylic oxidation sites excluding steroid dienone is 1. The number of halogens is 2. The third kappa shape index (κ3) is 3.53. The Labute approximate surface area is 113 Å². The van der Waals surface area contributed by atoms with Crippen LogP contribution in [0.15, 0.2) is 29.8 Å². The van der Waals surface area contributed by atoms with Gasteiger partial charge in [0.15, 0.2) is 0 Å². The van der Waals surface area contributed by atoms with Gasteiger partial charge in [-0.1, -0.05) is 81.1 Å². The Hall–Kier alpha value is 0.420. The maximum Gasteiger partial charge on any atom is 0.0959 e. The van der Waals surface area contributed by atoms with Gasteiger partial charge in [-0.05, 0) is 31.9 Å². The van der Waals surface area contributed by atoms with E-state index in [1.807, 2.05) is 0 Å². The Balaban J connectivity index is 3.24. The summed E-state index contributed by atoms with van der Waals surface area (Å²) in [4.78, 5) is 0. The fourth-order valence-electron chi connectivity index (χ4n) is 1.33. The minimum absolute atomic E-state index is 0.165. The van der Waals surface area contributed by atoms with E-state index in [4.69, 9.17) is 0 Å². The zero-order valence-corrected chi connectivity index (χ0v) is 13.0. The maximum absolute atomic E-state index is 2.47. The van der Waals surface area contributed by atoms with Crippen LogP contribution in [0, 0.1) is 0 Å². The van der Waals surface area contributed by atoms with Gasteiger partial charge < -0.3 is 0 Å². The van der Waals surface area contributed by atoms with Crippen LogP contribution in [0.5, 0.6) is 0 Å². The number of alkyl halides is 2. The number of rotatable bonds is 2. The van der Waals surface area contributed by atoms with Crippen LogP contribution in [-0.4, -0.2) is 0 Å². The molecule has 14 heavy (non-hydrogen) atoms. The number of benzene rings is 1. The largest absolute Gasteiger partial charge is 0.0959 e. The lowest BCUT2D eigenvalue weighted by Gasteiger charge is -2.17. The van der Waals surface area contributed by atoms with Gasteiger partial charge in [0, 0.05) is 0 Å². The Kier molecular flexibility index (Phi) is 4.43. The highest BCUT2D eigenvalue weighted by atomic mass is 127. The number of hydrogen-bond donors (Lipinski definition) is 0. The first-order chi connectivity index (χ1) is 6.41. The average molecular weight is 412 g/mol. The standard InChI is InChI=1S/C12H14I2/c1-9(2)8-10-6-4-5-7-11(10)12(3,13)14/h4-8H,1-3H3. The highest BCUT2D eigenvalue weighted by Crippen LogP contribution is 2.40. The van der Waals surface area contributed by atoms with Crippen molar-refractivity contribution < 1.29 is 0 Å². The molecule has 0 N–H and O–H groups in total. The van der Waals surface area contributed by atoms with E-state index < -0.39 is 0 Å². The maximum atomic E-state index is 2.47. The molecule has 2 heteroatoms. The summed E-state index contributed by atoms with van der Waals surface area (Å²) in [7, 11) is 0. The summed E-state index contributed by atoms with van der Waals surface area (Å²) in [5.41, 5.74) is 4.07.